The Labute approximate surface area is 155 Å². The first-order chi connectivity index (χ1) is 13.0. The fourth-order valence-electron chi connectivity index (χ4n) is 5.28. The van der Waals surface area contributed by atoms with Gasteiger partial charge in [-0.25, -0.2) is 4.68 Å². The maximum absolute atomic E-state index is 13.0. The molecule has 0 unspecified atom stereocenters. The molecule has 5 atom stereocenters. The van der Waals surface area contributed by atoms with E-state index in [9.17, 15) is 14.4 Å². The molecule has 1 amide bonds. The third-order valence-corrected chi connectivity index (χ3v) is 6.59. The number of benzene rings is 1. The third kappa shape index (κ3) is 2.17. The molecule has 140 valence electrons. The Morgan fingerprint density at radius 1 is 1.19 bits per heavy atom. The monoisotopic (exact) mass is 367 g/mol. The van der Waals surface area contributed by atoms with Crippen LogP contribution in [-0.2, 0) is 21.4 Å². The number of carbonyl (C=O) groups excluding carboxylic acids is 2. The van der Waals surface area contributed by atoms with E-state index in [1.165, 1.54) is 4.68 Å². The number of carbonyl (C=O) groups is 2. The molecule has 1 N–H and O–H groups in total. The lowest BCUT2D eigenvalue weighted by Crippen LogP contribution is -2.37. The molecule has 0 spiro atoms. The normalized spacial score (nSPS) is 30.6. The highest BCUT2D eigenvalue weighted by atomic mass is 16.6. The smallest absolute Gasteiger partial charge is 0.310 e. The standard InChI is InChI=1S/C20H21N3O4/c1-10-17(19(25)23(22(10)2)12-6-4-3-5-7-12)21-18(24)15-11-8-13-14(9-11)27-20(26)16(13)15/h3-7,11,13-16H,8-9H2,1-2H3,(H,21,24)/t11-,13+,14+,15-,16+/m1/s1. The van der Waals surface area contributed by atoms with E-state index in [1.54, 1.807) is 18.7 Å². The van der Waals surface area contributed by atoms with Crippen molar-refractivity contribution in [1.82, 2.24) is 9.36 Å². The first-order valence-electron chi connectivity index (χ1n) is 9.32. The van der Waals surface area contributed by atoms with Gasteiger partial charge in [0.25, 0.3) is 5.56 Å². The van der Waals surface area contributed by atoms with Gasteiger partial charge in [0.2, 0.25) is 5.91 Å². The predicted octanol–water partition coefficient (Wildman–Crippen LogP) is 1.62. The molecule has 27 heavy (non-hydrogen) atoms. The van der Waals surface area contributed by atoms with Gasteiger partial charge in [0.1, 0.15) is 11.8 Å². The second kappa shape index (κ2) is 5.58. The van der Waals surface area contributed by atoms with Crippen LogP contribution in [0.5, 0.6) is 0 Å². The van der Waals surface area contributed by atoms with Crippen molar-refractivity contribution in [3.63, 3.8) is 0 Å². The van der Waals surface area contributed by atoms with Crippen LogP contribution in [0.3, 0.4) is 0 Å². The second-order valence-electron chi connectivity index (χ2n) is 7.85. The van der Waals surface area contributed by atoms with Crippen LogP contribution < -0.4 is 10.9 Å². The lowest BCUT2D eigenvalue weighted by molar-refractivity contribution is -0.145. The number of aromatic nitrogens is 2. The van der Waals surface area contributed by atoms with Gasteiger partial charge < -0.3 is 10.1 Å². The summed E-state index contributed by atoms with van der Waals surface area (Å²) >= 11 is 0. The number of esters is 1. The fraction of sp³-hybridized carbons (Fsp3) is 0.450. The summed E-state index contributed by atoms with van der Waals surface area (Å²) in [6.45, 7) is 1.80. The van der Waals surface area contributed by atoms with E-state index in [4.69, 9.17) is 4.74 Å². The lowest BCUT2D eigenvalue weighted by atomic mass is 9.79. The molecular formula is C20H21N3O4. The molecule has 2 aromatic rings. The third-order valence-electron chi connectivity index (χ3n) is 6.59. The van der Waals surface area contributed by atoms with Gasteiger partial charge in [-0.1, -0.05) is 18.2 Å². The quantitative estimate of drug-likeness (QED) is 0.836. The number of para-hydroxylation sites is 1. The minimum atomic E-state index is -0.398. The Morgan fingerprint density at radius 2 is 1.93 bits per heavy atom. The zero-order valence-electron chi connectivity index (χ0n) is 15.2. The molecule has 1 saturated heterocycles. The topological polar surface area (TPSA) is 82.3 Å². The number of hydrogen-bond donors (Lipinski definition) is 1. The van der Waals surface area contributed by atoms with Crippen LogP contribution in [0.4, 0.5) is 5.69 Å². The van der Waals surface area contributed by atoms with Crippen LogP contribution in [-0.4, -0.2) is 27.3 Å². The molecule has 1 aromatic carbocycles. The molecular weight excluding hydrogens is 346 g/mol. The van der Waals surface area contributed by atoms with Gasteiger partial charge in [0, 0.05) is 13.0 Å². The van der Waals surface area contributed by atoms with Crippen molar-refractivity contribution >= 4 is 17.6 Å². The average Bonchev–Trinajstić information content (AvgIpc) is 3.32. The van der Waals surface area contributed by atoms with Crippen LogP contribution in [0.15, 0.2) is 35.1 Å². The highest BCUT2D eigenvalue weighted by molar-refractivity contribution is 5.97. The molecule has 2 heterocycles. The summed E-state index contributed by atoms with van der Waals surface area (Å²) in [5, 5.41) is 2.84. The Balaban J connectivity index is 1.48. The number of anilines is 1. The van der Waals surface area contributed by atoms with Gasteiger partial charge in [0.05, 0.1) is 23.2 Å². The lowest BCUT2D eigenvalue weighted by Gasteiger charge is -2.23. The molecule has 7 heteroatoms. The first-order valence-corrected chi connectivity index (χ1v) is 9.32. The molecule has 0 radical (unpaired) electrons. The van der Waals surface area contributed by atoms with Gasteiger partial charge in [0.15, 0.2) is 0 Å². The minimum absolute atomic E-state index is 0.00896. The van der Waals surface area contributed by atoms with Gasteiger partial charge in [-0.15, -0.1) is 0 Å². The van der Waals surface area contributed by atoms with E-state index in [0.717, 1.165) is 18.5 Å². The number of fused-ring (bicyclic) bond motifs is 1. The van der Waals surface area contributed by atoms with E-state index >= 15 is 0 Å². The van der Waals surface area contributed by atoms with Crippen LogP contribution in [0.2, 0.25) is 0 Å². The SMILES string of the molecule is Cc1c(NC(=O)[C@@H]2[C@@H]3C[C@@H]4[C@@H]2C(=O)O[C@H]4C3)c(=O)n(-c2ccccc2)n1C. The number of ether oxygens (including phenoxy) is 1. The molecule has 5 rings (SSSR count). The van der Waals surface area contributed by atoms with Gasteiger partial charge in [-0.3, -0.25) is 19.1 Å². The van der Waals surface area contributed by atoms with Crippen molar-refractivity contribution < 1.29 is 14.3 Å². The highest BCUT2D eigenvalue weighted by Gasteiger charge is 2.64. The second-order valence-corrected chi connectivity index (χ2v) is 7.85. The summed E-state index contributed by atoms with van der Waals surface area (Å²) in [5.74, 6) is -0.917. The van der Waals surface area contributed by atoms with Crippen LogP contribution in [0, 0.1) is 30.6 Å². The van der Waals surface area contributed by atoms with Crippen LogP contribution in [0.25, 0.3) is 5.69 Å². The number of amides is 1. The van der Waals surface area contributed by atoms with Crippen molar-refractivity contribution in [2.75, 3.05) is 5.32 Å². The maximum Gasteiger partial charge on any atom is 0.310 e. The number of hydrogen-bond acceptors (Lipinski definition) is 4. The van der Waals surface area contributed by atoms with E-state index < -0.39 is 5.92 Å². The molecule has 2 aliphatic carbocycles. The number of rotatable bonds is 3. The Bertz CT molecular complexity index is 1000. The Hall–Kier alpha value is -2.83. The van der Waals surface area contributed by atoms with E-state index in [2.05, 4.69) is 5.32 Å². The molecule has 3 fully saturated rings. The summed E-state index contributed by atoms with van der Waals surface area (Å²) in [5.41, 5.74) is 1.41. The average molecular weight is 367 g/mol. The van der Waals surface area contributed by atoms with Crippen molar-refractivity contribution in [2.45, 2.75) is 25.9 Å². The number of nitrogens with one attached hydrogen (secondary N) is 1. The largest absolute Gasteiger partial charge is 0.462 e. The van der Waals surface area contributed by atoms with Gasteiger partial charge >= 0.3 is 5.97 Å². The van der Waals surface area contributed by atoms with E-state index in [1.807, 2.05) is 30.3 Å². The highest BCUT2D eigenvalue weighted by Crippen LogP contribution is 2.57. The first kappa shape index (κ1) is 16.4. The summed E-state index contributed by atoms with van der Waals surface area (Å²) in [7, 11) is 1.79. The number of nitrogens with zero attached hydrogens (tertiary/aromatic N) is 2. The molecule has 2 bridgehead atoms. The zero-order chi connectivity index (χ0) is 18.9. The molecule has 1 aromatic heterocycles. The van der Waals surface area contributed by atoms with Crippen LogP contribution >= 0.6 is 0 Å². The summed E-state index contributed by atoms with van der Waals surface area (Å²) in [6, 6.07) is 9.30. The Morgan fingerprint density at radius 3 is 2.67 bits per heavy atom. The van der Waals surface area contributed by atoms with Crippen molar-refractivity contribution in [3.8, 4) is 5.69 Å². The van der Waals surface area contributed by atoms with Gasteiger partial charge in [-0.05, 0) is 37.8 Å². The van der Waals surface area contributed by atoms with Gasteiger partial charge in [-0.2, -0.15) is 0 Å². The summed E-state index contributed by atoms with van der Waals surface area (Å²) in [4.78, 5) is 38.2. The molecule has 7 nitrogen and oxygen atoms in total. The predicted molar refractivity (Wildman–Crippen MR) is 97.5 cm³/mol. The van der Waals surface area contributed by atoms with Crippen molar-refractivity contribution in [3.05, 3.63) is 46.4 Å². The summed E-state index contributed by atoms with van der Waals surface area (Å²) < 4.78 is 8.67. The molecule has 2 saturated carbocycles. The molecule has 3 aliphatic rings. The van der Waals surface area contributed by atoms with Crippen molar-refractivity contribution in [1.29, 1.82) is 0 Å². The van der Waals surface area contributed by atoms with E-state index in [0.29, 0.717) is 5.69 Å². The van der Waals surface area contributed by atoms with E-state index in [-0.39, 0.29) is 47.0 Å². The van der Waals surface area contributed by atoms with Crippen LogP contribution in [0.1, 0.15) is 18.5 Å². The maximum atomic E-state index is 13.0. The Kier molecular flexibility index (Phi) is 3.38. The fourth-order valence-corrected chi connectivity index (χ4v) is 5.28. The zero-order valence-corrected chi connectivity index (χ0v) is 15.2. The van der Waals surface area contributed by atoms with Crippen molar-refractivity contribution in [2.24, 2.45) is 30.7 Å². The molecule has 1 aliphatic heterocycles. The minimum Gasteiger partial charge on any atom is -0.462 e. The summed E-state index contributed by atoms with van der Waals surface area (Å²) in [6.07, 6.45) is 1.61.